The fraction of sp³-hybridized carbons (Fsp3) is 0.474. The predicted octanol–water partition coefficient (Wildman–Crippen LogP) is 4.33. The molecule has 0 aliphatic carbocycles. The van der Waals surface area contributed by atoms with Crippen LogP contribution in [-0.2, 0) is 22.9 Å². The SMILES string of the molecule is CN1CCC(COCc2cc(C(F)(F)F)cc(Cl)n2)(c2cccnc2)CC1. The molecular weight excluding hydrogens is 379 g/mol. The van der Waals surface area contributed by atoms with Crippen molar-refractivity contribution in [3.05, 3.63) is 58.6 Å². The summed E-state index contributed by atoms with van der Waals surface area (Å²) in [5.74, 6) is 0. The first-order valence-electron chi connectivity index (χ1n) is 8.69. The summed E-state index contributed by atoms with van der Waals surface area (Å²) >= 11 is 5.74. The maximum atomic E-state index is 12.9. The molecule has 0 saturated carbocycles. The normalized spacial score (nSPS) is 17.8. The number of hydrogen-bond donors (Lipinski definition) is 0. The summed E-state index contributed by atoms with van der Waals surface area (Å²) in [5.41, 5.74) is 0.242. The van der Waals surface area contributed by atoms with Gasteiger partial charge in [0.25, 0.3) is 0 Å². The third kappa shape index (κ3) is 4.97. The lowest BCUT2D eigenvalue weighted by Gasteiger charge is -2.40. The van der Waals surface area contributed by atoms with Crippen LogP contribution >= 0.6 is 11.6 Å². The monoisotopic (exact) mass is 399 g/mol. The van der Waals surface area contributed by atoms with Gasteiger partial charge in [0.15, 0.2) is 0 Å². The van der Waals surface area contributed by atoms with E-state index in [0.29, 0.717) is 6.61 Å². The zero-order chi connectivity index (χ0) is 19.5. The van der Waals surface area contributed by atoms with Crippen molar-refractivity contribution >= 4 is 11.6 Å². The zero-order valence-corrected chi connectivity index (χ0v) is 15.7. The summed E-state index contributed by atoms with van der Waals surface area (Å²) in [6.45, 7) is 2.21. The number of ether oxygens (including phenoxy) is 1. The van der Waals surface area contributed by atoms with E-state index in [0.717, 1.165) is 43.6 Å². The average Bonchev–Trinajstić information content (AvgIpc) is 2.63. The maximum absolute atomic E-state index is 12.9. The van der Waals surface area contributed by atoms with Crippen LogP contribution in [0.15, 0.2) is 36.7 Å². The first kappa shape index (κ1) is 20.0. The van der Waals surface area contributed by atoms with Crippen LogP contribution < -0.4 is 0 Å². The Bertz CT molecular complexity index is 763. The highest BCUT2D eigenvalue weighted by Gasteiger charge is 2.36. The predicted molar refractivity (Wildman–Crippen MR) is 96.6 cm³/mol. The van der Waals surface area contributed by atoms with E-state index in [1.165, 1.54) is 0 Å². The number of rotatable bonds is 5. The third-order valence-corrected chi connectivity index (χ3v) is 5.21. The molecule has 0 amide bonds. The van der Waals surface area contributed by atoms with Crippen LogP contribution in [0.3, 0.4) is 0 Å². The van der Waals surface area contributed by atoms with Gasteiger partial charge in [-0.2, -0.15) is 13.2 Å². The Balaban J connectivity index is 1.73. The van der Waals surface area contributed by atoms with Crippen molar-refractivity contribution in [2.24, 2.45) is 0 Å². The second-order valence-electron chi connectivity index (χ2n) is 6.99. The van der Waals surface area contributed by atoms with Gasteiger partial charge >= 0.3 is 6.18 Å². The third-order valence-electron chi connectivity index (χ3n) is 5.02. The van der Waals surface area contributed by atoms with Crippen molar-refractivity contribution in [1.29, 1.82) is 0 Å². The Labute approximate surface area is 161 Å². The van der Waals surface area contributed by atoms with Gasteiger partial charge in [-0.05, 0) is 56.7 Å². The highest BCUT2D eigenvalue weighted by molar-refractivity contribution is 6.29. The summed E-state index contributed by atoms with van der Waals surface area (Å²) in [4.78, 5) is 10.4. The number of likely N-dealkylation sites (tertiary alicyclic amines) is 1. The van der Waals surface area contributed by atoms with Gasteiger partial charge < -0.3 is 9.64 Å². The minimum Gasteiger partial charge on any atom is -0.374 e. The Morgan fingerprint density at radius 3 is 2.63 bits per heavy atom. The van der Waals surface area contributed by atoms with Gasteiger partial charge in [0, 0.05) is 17.8 Å². The highest BCUT2D eigenvalue weighted by atomic mass is 35.5. The highest BCUT2D eigenvalue weighted by Crippen LogP contribution is 2.36. The van der Waals surface area contributed by atoms with Crippen molar-refractivity contribution in [1.82, 2.24) is 14.9 Å². The number of nitrogens with zero attached hydrogens (tertiary/aromatic N) is 3. The van der Waals surface area contributed by atoms with E-state index in [1.54, 1.807) is 6.20 Å². The van der Waals surface area contributed by atoms with Gasteiger partial charge in [-0.15, -0.1) is 0 Å². The first-order chi connectivity index (χ1) is 12.8. The van der Waals surface area contributed by atoms with Gasteiger partial charge in [0.05, 0.1) is 24.5 Å². The molecule has 1 aliphatic heterocycles. The summed E-state index contributed by atoms with van der Waals surface area (Å²) < 4.78 is 44.7. The van der Waals surface area contributed by atoms with Crippen LogP contribution in [0, 0.1) is 0 Å². The second-order valence-corrected chi connectivity index (χ2v) is 7.37. The molecule has 0 spiro atoms. The number of aromatic nitrogens is 2. The topological polar surface area (TPSA) is 38.2 Å². The van der Waals surface area contributed by atoms with Gasteiger partial charge in [-0.25, -0.2) is 4.98 Å². The molecule has 2 aromatic rings. The van der Waals surface area contributed by atoms with Crippen molar-refractivity contribution in [3.63, 3.8) is 0 Å². The van der Waals surface area contributed by atoms with E-state index in [9.17, 15) is 13.2 Å². The Hall–Kier alpha value is -1.70. The molecule has 0 radical (unpaired) electrons. The van der Waals surface area contributed by atoms with E-state index in [4.69, 9.17) is 16.3 Å². The minimum atomic E-state index is -4.47. The maximum Gasteiger partial charge on any atom is 0.416 e. The molecule has 3 rings (SSSR count). The van der Waals surface area contributed by atoms with Crippen LogP contribution in [0.4, 0.5) is 13.2 Å². The largest absolute Gasteiger partial charge is 0.416 e. The van der Waals surface area contributed by atoms with E-state index in [1.807, 2.05) is 18.3 Å². The lowest BCUT2D eigenvalue weighted by atomic mass is 9.74. The molecule has 1 saturated heterocycles. The fourth-order valence-corrected chi connectivity index (χ4v) is 3.61. The molecule has 27 heavy (non-hydrogen) atoms. The number of halogens is 4. The lowest BCUT2D eigenvalue weighted by Crippen LogP contribution is -2.43. The zero-order valence-electron chi connectivity index (χ0n) is 15.0. The molecule has 0 aromatic carbocycles. The van der Waals surface area contributed by atoms with Gasteiger partial charge in [0.1, 0.15) is 5.15 Å². The summed E-state index contributed by atoms with van der Waals surface area (Å²) in [6, 6.07) is 5.72. The molecule has 3 heterocycles. The quantitative estimate of drug-likeness (QED) is 0.701. The van der Waals surface area contributed by atoms with Crippen LogP contribution in [0.25, 0.3) is 0 Å². The first-order valence-corrected chi connectivity index (χ1v) is 9.07. The Kier molecular flexibility index (Phi) is 6.03. The smallest absolute Gasteiger partial charge is 0.374 e. The van der Waals surface area contributed by atoms with Crippen LogP contribution in [-0.4, -0.2) is 41.6 Å². The summed E-state index contributed by atoms with van der Waals surface area (Å²) in [7, 11) is 2.07. The number of hydrogen-bond acceptors (Lipinski definition) is 4. The average molecular weight is 400 g/mol. The van der Waals surface area contributed by atoms with E-state index in [-0.39, 0.29) is 22.9 Å². The molecule has 1 aliphatic rings. The van der Waals surface area contributed by atoms with E-state index in [2.05, 4.69) is 21.9 Å². The second kappa shape index (κ2) is 8.12. The molecule has 0 atom stereocenters. The summed E-state index contributed by atoms with van der Waals surface area (Å²) in [5, 5.41) is -0.190. The van der Waals surface area contributed by atoms with Gasteiger partial charge in [-0.3, -0.25) is 4.98 Å². The molecule has 2 aromatic heterocycles. The van der Waals surface area contributed by atoms with Crippen LogP contribution in [0.5, 0.6) is 0 Å². The van der Waals surface area contributed by atoms with Crippen molar-refractivity contribution in [2.45, 2.75) is 31.0 Å². The number of piperidine rings is 1. The van der Waals surface area contributed by atoms with Crippen LogP contribution in [0.1, 0.15) is 29.7 Å². The minimum absolute atomic E-state index is 0.0263. The fourth-order valence-electron chi connectivity index (χ4n) is 3.38. The van der Waals surface area contributed by atoms with Crippen molar-refractivity contribution in [2.75, 3.05) is 26.7 Å². The lowest BCUT2D eigenvalue weighted by molar-refractivity contribution is -0.137. The van der Waals surface area contributed by atoms with Crippen molar-refractivity contribution in [3.8, 4) is 0 Å². The number of alkyl halides is 3. The molecule has 0 N–H and O–H groups in total. The van der Waals surface area contributed by atoms with Crippen LogP contribution in [0.2, 0.25) is 5.15 Å². The Morgan fingerprint density at radius 2 is 2.00 bits per heavy atom. The molecule has 0 bridgehead atoms. The van der Waals surface area contributed by atoms with Gasteiger partial charge in [-0.1, -0.05) is 17.7 Å². The van der Waals surface area contributed by atoms with E-state index < -0.39 is 11.7 Å². The molecule has 8 heteroatoms. The molecule has 0 unspecified atom stereocenters. The molecule has 4 nitrogen and oxygen atoms in total. The molecular formula is C19H21ClF3N3O. The molecule has 146 valence electrons. The Morgan fingerprint density at radius 1 is 1.26 bits per heavy atom. The van der Waals surface area contributed by atoms with Gasteiger partial charge in [0.2, 0.25) is 0 Å². The number of pyridine rings is 2. The van der Waals surface area contributed by atoms with E-state index >= 15 is 0 Å². The van der Waals surface area contributed by atoms with Crippen molar-refractivity contribution < 1.29 is 17.9 Å². The standard InChI is InChI=1S/C19H21ClF3N3O/c1-26-7-4-18(5-8-26,14-3-2-6-24-11-14)13-27-12-16-9-15(19(21,22)23)10-17(20)25-16/h2-3,6,9-11H,4-5,7-8,12-13H2,1H3. The summed E-state index contributed by atoms with van der Waals surface area (Å²) in [6.07, 6.45) is 0.889. The molecule has 1 fully saturated rings.